The molecule has 114 valence electrons. The van der Waals surface area contributed by atoms with Crippen LogP contribution in [-0.4, -0.2) is 22.8 Å². The van der Waals surface area contributed by atoms with Gasteiger partial charge in [0.1, 0.15) is 5.82 Å². The van der Waals surface area contributed by atoms with Crippen molar-refractivity contribution >= 4 is 23.2 Å². The van der Waals surface area contributed by atoms with Crippen LogP contribution >= 0.6 is 11.6 Å². The lowest BCUT2D eigenvalue weighted by atomic mass is 10.1. The van der Waals surface area contributed by atoms with Crippen LogP contribution in [-0.2, 0) is 6.54 Å². The lowest BCUT2D eigenvalue weighted by Gasteiger charge is -2.17. The normalized spacial score (nSPS) is 10.3. The monoisotopic (exact) mass is 322 g/mol. The van der Waals surface area contributed by atoms with Crippen LogP contribution in [0.5, 0.6) is 0 Å². The van der Waals surface area contributed by atoms with E-state index in [1.54, 1.807) is 6.07 Å². The molecule has 0 aliphatic carbocycles. The molecule has 1 amide bonds. The Labute approximate surface area is 131 Å². The Kier molecular flexibility index (Phi) is 4.72. The summed E-state index contributed by atoms with van der Waals surface area (Å²) in [7, 11) is 1.49. The van der Waals surface area contributed by atoms with Crippen molar-refractivity contribution in [2.45, 2.75) is 6.54 Å². The maximum atomic E-state index is 13.7. The predicted molar refractivity (Wildman–Crippen MR) is 80.3 cm³/mol. The van der Waals surface area contributed by atoms with Gasteiger partial charge in [0.05, 0.1) is 10.5 Å². The standard InChI is InChI=1S/C15H12ClFN2O3/c1-18(9-10-3-2-4-12(7-10)19(21)22)15(20)13-8-11(16)5-6-14(13)17/h2-8H,9H2,1H3. The minimum atomic E-state index is -0.666. The summed E-state index contributed by atoms with van der Waals surface area (Å²) >= 11 is 5.77. The Hall–Kier alpha value is -2.47. The van der Waals surface area contributed by atoms with Crippen LogP contribution in [0.4, 0.5) is 10.1 Å². The molecule has 0 atom stereocenters. The zero-order valence-corrected chi connectivity index (χ0v) is 12.4. The van der Waals surface area contributed by atoms with Crippen LogP contribution in [0.1, 0.15) is 15.9 Å². The van der Waals surface area contributed by atoms with Crippen molar-refractivity contribution in [1.82, 2.24) is 4.90 Å². The van der Waals surface area contributed by atoms with Crippen LogP contribution in [0.3, 0.4) is 0 Å². The Morgan fingerprint density at radius 2 is 2.05 bits per heavy atom. The molecule has 0 aliphatic rings. The highest BCUT2D eigenvalue weighted by atomic mass is 35.5. The molecule has 7 heteroatoms. The van der Waals surface area contributed by atoms with Gasteiger partial charge in [0.2, 0.25) is 0 Å². The maximum Gasteiger partial charge on any atom is 0.269 e. The molecule has 0 aromatic heterocycles. The molecule has 2 rings (SSSR count). The fourth-order valence-corrected chi connectivity index (χ4v) is 2.15. The highest BCUT2D eigenvalue weighted by Gasteiger charge is 2.17. The highest BCUT2D eigenvalue weighted by Crippen LogP contribution is 2.18. The molecule has 0 heterocycles. The number of rotatable bonds is 4. The van der Waals surface area contributed by atoms with Gasteiger partial charge >= 0.3 is 0 Å². The number of nitro benzene ring substituents is 1. The molecular weight excluding hydrogens is 311 g/mol. The van der Waals surface area contributed by atoms with Crippen molar-refractivity contribution in [3.63, 3.8) is 0 Å². The molecule has 0 N–H and O–H groups in total. The average molecular weight is 323 g/mol. The van der Waals surface area contributed by atoms with Gasteiger partial charge in [-0.15, -0.1) is 0 Å². The molecule has 0 spiro atoms. The molecule has 22 heavy (non-hydrogen) atoms. The summed E-state index contributed by atoms with van der Waals surface area (Å²) in [4.78, 5) is 23.7. The smallest absolute Gasteiger partial charge is 0.269 e. The van der Waals surface area contributed by atoms with Gasteiger partial charge in [-0.1, -0.05) is 23.7 Å². The van der Waals surface area contributed by atoms with E-state index in [2.05, 4.69) is 0 Å². The zero-order chi connectivity index (χ0) is 16.3. The Balaban J connectivity index is 2.19. The molecule has 0 unspecified atom stereocenters. The quantitative estimate of drug-likeness (QED) is 0.637. The van der Waals surface area contributed by atoms with Crippen molar-refractivity contribution in [3.05, 3.63) is 74.5 Å². The Bertz CT molecular complexity index is 736. The number of hydrogen-bond acceptors (Lipinski definition) is 3. The van der Waals surface area contributed by atoms with Crippen LogP contribution in [0.15, 0.2) is 42.5 Å². The number of nitrogens with zero attached hydrogens (tertiary/aromatic N) is 2. The second-order valence-corrected chi connectivity index (χ2v) is 5.15. The predicted octanol–water partition coefficient (Wildman–Crippen LogP) is 3.66. The first-order valence-electron chi connectivity index (χ1n) is 6.32. The van der Waals surface area contributed by atoms with Gasteiger partial charge in [0.25, 0.3) is 11.6 Å². The molecule has 0 saturated carbocycles. The molecule has 0 bridgehead atoms. The van der Waals surface area contributed by atoms with Crippen LogP contribution in [0.2, 0.25) is 5.02 Å². The van der Waals surface area contributed by atoms with Gasteiger partial charge in [-0.2, -0.15) is 0 Å². The number of non-ortho nitro benzene ring substituents is 1. The summed E-state index contributed by atoms with van der Waals surface area (Å²) in [5.41, 5.74) is 0.375. The van der Waals surface area contributed by atoms with Crippen molar-refractivity contribution in [2.24, 2.45) is 0 Å². The summed E-state index contributed by atoms with van der Waals surface area (Å²) in [5, 5.41) is 11.0. The van der Waals surface area contributed by atoms with E-state index in [9.17, 15) is 19.3 Å². The number of halogens is 2. The summed E-state index contributed by atoms with van der Waals surface area (Å²) in [5.74, 6) is -1.22. The van der Waals surface area contributed by atoms with Gasteiger partial charge in [-0.3, -0.25) is 14.9 Å². The van der Waals surface area contributed by atoms with E-state index in [4.69, 9.17) is 11.6 Å². The van der Waals surface area contributed by atoms with Gasteiger partial charge in [-0.25, -0.2) is 4.39 Å². The van der Waals surface area contributed by atoms with E-state index < -0.39 is 16.6 Å². The number of benzene rings is 2. The van der Waals surface area contributed by atoms with Gasteiger partial charge in [0.15, 0.2) is 0 Å². The van der Waals surface area contributed by atoms with E-state index in [0.717, 1.165) is 6.07 Å². The molecule has 0 radical (unpaired) electrons. The lowest BCUT2D eigenvalue weighted by Crippen LogP contribution is -2.27. The van der Waals surface area contributed by atoms with Gasteiger partial charge in [0, 0.05) is 30.7 Å². The molecule has 0 aliphatic heterocycles. The van der Waals surface area contributed by atoms with Crippen molar-refractivity contribution in [3.8, 4) is 0 Å². The molecular formula is C15H12ClFN2O3. The average Bonchev–Trinajstić information content (AvgIpc) is 2.49. The first kappa shape index (κ1) is 15.9. The first-order chi connectivity index (χ1) is 10.4. The topological polar surface area (TPSA) is 63.4 Å². The molecule has 2 aromatic carbocycles. The minimum absolute atomic E-state index is 0.0627. The zero-order valence-electron chi connectivity index (χ0n) is 11.6. The Morgan fingerprint density at radius 1 is 1.32 bits per heavy atom. The van der Waals surface area contributed by atoms with Crippen LogP contribution in [0.25, 0.3) is 0 Å². The Morgan fingerprint density at radius 3 is 2.73 bits per heavy atom. The first-order valence-corrected chi connectivity index (χ1v) is 6.70. The van der Waals surface area contributed by atoms with E-state index >= 15 is 0 Å². The number of carbonyl (C=O) groups excluding carboxylic acids is 1. The maximum absolute atomic E-state index is 13.7. The number of hydrogen-bond donors (Lipinski definition) is 0. The molecule has 0 fully saturated rings. The summed E-state index contributed by atoms with van der Waals surface area (Å²) < 4.78 is 13.7. The molecule has 2 aromatic rings. The summed E-state index contributed by atoms with van der Waals surface area (Å²) in [6.45, 7) is 0.118. The number of amides is 1. The van der Waals surface area contributed by atoms with Gasteiger partial charge < -0.3 is 4.90 Å². The minimum Gasteiger partial charge on any atom is -0.337 e. The van der Waals surface area contributed by atoms with Crippen molar-refractivity contribution in [1.29, 1.82) is 0 Å². The third kappa shape index (κ3) is 3.59. The summed E-state index contributed by atoms with van der Waals surface area (Å²) in [6.07, 6.45) is 0. The second kappa shape index (κ2) is 6.53. The third-order valence-electron chi connectivity index (χ3n) is 3.05. The highest BCUT2D eigenvalue weighted by molar-refractivity contribution is 6.30. The molecule has 0 saturated heterocycles. The lowest BCUT2D eigenvalue weighted by molar-refractivity contribution is -0.384. The SMILES string of the molecule is CN(Cc1cccc([N+](=O)[O-])c1)C(=O)c1cc(Cl)ccc1F. The van der Waals surface area contributed by atoms with Crippen LogP contribution in [0, 0.1) is 15.9 Å². The largest absolute Gasteiger partial charge is 0.337 e. The second-order valence-electron chi connectivity index (χ2n) is 4.71. The van der Waals surface area contributed by atoms with E-state index in [0.29, 0.717) is 5.56 Å². The van der Waals surface area contributed by atoms with Crippen molar-refractivity contribution < 1.29 is 14.1 Å². The van der Waals surface area contributed by atoms with Crippen molar-refractivity contribution in [2.75, 3.05) is 7.05 Å². The van der Waals surface area contributed by atoms with E-state index in [1.807, 2.05) is 0 Å². The number of carbonyl (C=O) groups is 1. The van der Waals surface area contributed by atoms with Crippen LogP contribution < -0.4 is 0 Å². The fourth-order valence-electron chi connectivity index (χ4n) is 1.98. The van der Waals surface area contributed by atoms with Gasteiger partial charge in [-0.05, 0) is 23.8 Å². The molecule has 5 nitrogen and oxygen atoms in total. The van der Waals surface area contributed by atoms with E-state index in [-0.39, 0.29) is 22.8 Å². The van der Waals surface area contributed by atoms with E-state index in [1.165, 1.54) is 42.3 Å². The fraction of sp³-hybridized carbons (Fsp3) is 0.133. The third-order valence-corrected chi connectivity index (χ3v) is 3.28. The summed E-state index contributed by atoms with van der Waals surface area (Å²) in [6, 6.07) is 9.66. The number of nitro groups is 1.